The van der Waals surface area contributed by atoms with Crippen molar-refractivity contribution in [3.8, 4) is 0 Å². The summed E-state index contributed by atoms with van der Waals surface area (Å²) in [4.78, 5) is 46.4. The minimum atomic E-state index is -3.86. The molecular formula is C24H28N4O12S. The fourth-order valence-electron chi connectivity index (χ4n) is 4.09. The van der Waals surface area contributed by atoms with Crippen LogP contribution in [0, 0.1) is 20.2 Å². The van der Waals surface area contributed by atoms with Crippen LogP contribution < -0.4 is 5.32 Å². The zero-order valence-corrected chi connectivity index (χ0v) is 22.6. The van der Waals surface area contributed by atoms with Gasteiger partial charge in [0.05, 0.1) is 40.9 Å². The highest BCUT2D eigenvalue weighted by atomic mass is 32.2. The number of nitrogens with one attached hydrogen (secondary N) is 1. The van der Waals surface area contributed by atoms with Gasteiger partial charge in [0.2, 0.25) is 0 Å². The van der Waals surface area contributed by atoms with Crippen molar-refractivity contribution in [3.63, 3.8) is 0 Å². The molecule has 1 fully saturated rings. The van der Waals surface area contributed by atoms with Gasteiger partial charge in [-0.25, -0.2) is 9.59 Å². The Kier molecular flexibility index (Phi) is 10.5. The number of carbonyl (C=O) groups excluding carboxylic acids is 2. The van der Waals surface area contributed by atoms with Crippen LogP contribution in [0.2, 0.25) is 0 Å². The molecule has 1 heterocycles. The third kappa shape index (κ3) is 9.66. The van der Waals surface area contributed by atoms with Gasteiger partial charge in [0, 0.05) is 30.8 Å². The summed E-state index contributed by atoms with van der Waals surface area (Å²) in [5.74, 6) is 0. The minimum Gasteiger partial charge on any atom is -0.445 e. The van der Waals surface area contributed by atoms with Crippen LogP contribution in [0.4, 0.5) is 21.0 Å². The Labute approximate surface area is 234 Å². The summed E-state index contributed by atoms with van der Waals surface area (Å²) in [6, 6.07) is 9.89. The number of ether oxygens (including phenoxy) is 2. The van der Waals surface area contributed by atoms with Crippen LogP contribution in [0.3, 0.4) is 0 Å². The number of amides is 2. The molecule has 2 aromatic carbocycles. The molecule has 0 aromatic heterocycles. The Morgan fingerprint density at radius 2 is 1.51 bits per heavy atom. The summed E-state index contributed by atoms with van der Waals surface area (Å²) < 4.78 is 38.6. The van der Waals surface area contributed by atoms with Crippen molar-refractivity contribution in [2.75, 3.05) is 19.3 Å². The first-order valence-corrected chi connectivity index (χ1v) is 14.0. The molecule has 0 aliphatic carbocycles. The summed E-state index contributed by atoms with van der Waals surface area (Å²) >= 11 is 0. The second-order valence-corrected chi connectivity index (χ2v) is 10.7. The van der Waals surface area contributed by atoms with Gasteiger partial charge >= 0.3 is 12.2 Å². The lowest BCUT2D eigenvalue weighted by atomic mass is 10.0. The van der Waals surface area contributed by atoms with Crippen molar-refractivity contribution in [1.82, 2.24) is 10.2 Å². The van der Waals surface area contributed by atoms with Crippen molar-refractivity contribution in [3.05, 3.63) is 79.9 Å². The van der Waals surface area contributed by atoms with E-state index in [1.165, 1.54) is 48.5 Å². The molecule has 3 rings (SSSR count). The van der Waals surface area contributed by atoms with E-state index in [1.54, 1.807) is 0 Å². The topological polar surface area (TPSA) is 218 Å². The molecule has 1 aliphatic rings. The number of nitrogens with zero attached hydrogens (tertiary/aromatic N) is 3. The van der Waals surface area contributed by atoms with Gasteiger partial charge in [-0.2, -0.15) is 8.42 Å². The standard InChI is InChI=1S/C24H28N4O12S/c1-41(36,37)40-20-12-21(26(13-20)24(31)39-15-17-4-8-19(9-5-17)28(34)35)22(29)10-11-25-23(30)38-14-16-2-6-18(7-3-16)27(32)33/h2-9,20-22,29H,10-15H2,1H3,(H,25,30)/t20-,21+,22+/m1/s1. The third-order valence-corrected chi connectivity index (χ3v) is 6.65. The number of nitro groups is 2. The van der Waals surface area contributed by atoms with Crippen LogP contribution in [-0.4, -0.2) is 78.1 Å². The van der Waals surface area contributed by atoms with E-state index in [0.717, 1.165) is 11.2 Å². The van der Waals surface area contributed by atoms with Crippen molar-refractivity contribution in [1.29, 1.82) is 0 Å². The van der Waals surface area contributed by atoms with E-state index in [4.69, 9.17) is 13.7 Å². The first-order valence-electron chi connectivity index (χ1n) is 12.2. The summed E-state index contributed by atoms with van der Waals surface area (Å²) in [6.45, 7) is -0.609. The molecule has 0 unspecified atom stereocenters. The fourth-order valence-corrected chi connectivity index (χ4v) is 4.72. The molecule has 41 heavy (non-hydrogen) atoms. The van der Waals surface area contributed by atoms with Crippen LogP contribution in [-0.2, 0) is 37.0 Å². The van der Waals surface area contributed by atoms with Crippen LogP contribution in [0.5, 0.6) is 0 Å². The number of nitro benzene ring substituents is 2. The number of alkyl carbamates (subject to hydrolysis) is 1. The number of rotatable bonds is 12. The molecule has 2 N–H and O–H groups in total. The molecule has 222 valence electrons. The third-order valence-electron chi connectivity index (χ3n) is 6.03. The predicted molar refractivity (Wildman–Crippen MR) is 140 cm³/mol. The monoisotopic (exact) mass is 596 g/mol. The molecule has 0 spiro atoms. The highest BCUT2D eigenvalue weighted by Gasteiger charge is 2.41. The fraction of sp³-hybridized carbons (Fsp3) is 0.417. The summed E-state index contributed by atoms with van der Waals surface area (Å²) in [6.07, 6.45) is -3.00. The van der Waals surface area contributed by atoms with Crippen LogP contribution in [0.1, 0.15) is 24.0 Å². The second kappa shape index (κ2) is 13.8. The van der Waals surface area contributed by atoms with Gasteiger partial charge in [0.25, 0.3) is 21.5 Å². The number of likely N-dealkylation sites (tertiary alicyclic amines) is 1. The lowest BCUT2D eigenvalue weighted by molar-refractivity contribution is -0.385. The molecule has 17 heteroatoms. The zero-order valence-electron chi connectivity index (χ0n) is 21.8. The van der Waals surface area contributed by atoms with Gasteiger partial charge in [-0.3, -0.25) is 29.3 Å². The molecule has 1 saturated heterocycles. The summed E-state index contributed by atoms with van der Waals surface area (Å²) in [5, 5.41) is 34.7. The number of carbonyl (C=O) groups is 2. The van der Waals surface area contributed by atoms with E-state index in [1.807, 2.05) is 0 Å². The van der Waals surface area contributed by atoms with E-state index in [2.05, 4.69) is 5.32 Å². The highest BCUT2D eigenvalue weighted by Crippen LogP contribution is 2.26. The number of non-ortho nitro benzene ring substituents is 2. The maximum atomic E-state index is 12.8. The largest absolute Gasteiger partial charge is 0.445 e. The van der Waals surface area contributed by atoms with Crippen molar-refractivity contribution >= 4 is 33.7 Å². The van der Waals surface area contributed by atoms with Crippen LogP contribution in [0.25, 0.3) is 0 Å². The second-order valence-electron chi connectivity index (χ2n) is 9.14. The SMILES string of the molecule is CS(=O)(=O)O[C@@H]1C[C@@H]([C@@H](O)CCNC(=O)OCc2ccc([N+](=O)[O-])cc2)N(C(=O)OCc2ccc([N+](=O)[O-])cc2)C1. The Hall–Kier alpha value is -4.35. The van der Waals surface area contributed by atoms with Crippen molar-refractivity contribution in [2.24, 2.45) is 0 Å². The number of aliphatic hydroxyl groups is 1. The Morgan fingerprint density at radius 1 is 1.00 bits per heavy atom. The molecule has 0 saturated carbocycles. The van der Waals surface area contributed by atoms with Crippen molar-refractivity contribution < 1.29 is 46.6 Å². The average molecular weight is 597 g/mol. The molecule has 0 bridgehead atoms. The molecule has 1 aliphatic heterocycles. The maximum absolute atomic E-state index is 12.8. The predicted octanol–water partition coefficient (Wildman–Crippen LogP) is 2.24. The lowest BCUT2D eigenvalue weighted by Crippen LogP contribution is -2.44. The number of hydrogen-bond acceptors (Lipinski definition) is 12. The van der Waals surface area contributed by atoms with Gasteiger partial charge in [-0.1, -0.05) is 0 Å². The molecular weight excluding hydrogens is 568 g/mol. The van der Waals surface area contributed by atoms with E-state index >= 15 is 0 Å². The molecule has 3 atom stereocenters. The number of hydrogen-bond donors (Lipinski definition) is 2. The van der Waals surface area contributed by atoms with Gasteiger partial charge < -0.3 is 19.9 Å². The van der Waals surface area contributed by atoms with Gasteiger partial charge in [-0.15, -0.1) is 0 Å². The summed E-state index contributed by atoms with van der Waals surface area (Å²) in [5.41, 5.74) is 0.761. The van der Waals surface area contributed by atoms with Gasteiger partial charge in [-0.05, 0) is 48.2 Å². The Balaban J connectivity index is 1.52. The summed E-state index contributed by atoms with van der Waals surface area (Å²) in [7, 11) is -3.86. The van der Waals surface area contributed by atoms with E-state index < -0.39 is 50.4 Å². The van der Waals surface area contributed by atoms with Gasteiger partial charge in [0.1, 0.15) is 13.2 Å². The lowest BCUT2D eigenvalue weighted by Gasteiger charge is -2.27. The van der Waals surface area contributed by atoms with E-state index in [9.17, 15) is 43.3 Å². The average Bonchev–Trinajstić information content (AvgIpc) is 3.33. The highest BCUT2D eigenvalue weighted by molar-refractivity contribution is 7.86. The van der Waals surface area contributed by atoms with Crippen LogP contribution >= 0.6 is 0 Å². The normalized spacial score (nSPS) is 17.5. The van der Waals surface area contributed by atoms with E-state index in [-0.39, 0.29) is 50.5 Å². The van der Waals surface area contributed by atoms with Crippen molar-refractivity contribution in [2.45, 2.75) is 44.3 Å². The number of benzene rings is 2. The first-order chi connectivity index (χ1) is 19.3. The number of aliphatic hydroxyl groups excluding tert-OH is 1. The Bertz CT molecular complexity index is 1350. The van der Waals surface area contributed by atoms with Gasteiger partial charge in [0.15, 0.2) is 0 Å². The smallest absolute Gasteiger partial charge is 0.410 e. The maximum Gasteiger partial charge on any atom is 0.410 e. The van der Waals surface area contributed by atoms with E-state index in [0.29, 0.717) is 11.1 Å². The molecule has 16 nitrogen and oxygen atoms in total. The molecule has 2 aromatic rings. The zero-order chi connectivity index (χ0) is 30.2. The Morgan fingerprint density at radius 3 is 2.00 bits per heavy atom. The molecule has 0 radical (unpaired) electrons. The molecule has 2 amide bonds. The van der Waals surface area contributed by atoms with Crippen LogP contribution in [0.15, 0.2) is 48.5 Å². The quantitative estimate of drug-likeness (QED) is 0.205. The first kappa shape index (κ1) is 31.2. The minimum absolute atomic E-state index is 0.0224.